The lowest BCUT2D eigenvalue weighted by molar-refractivity contribution is 0.248. The molecule has 0 saturated carbocycles. The topological polar surface area (TPSA) is 113 Å². The lowest BCUT2D eigenvalue weighted by Crippen LogP contribution is -2.47. The third-order valence-electron chi connectivity index (χ3n) is 5.45. The molecule has 4 heterocycles. The number of piperazine rings is 1. The molecule has 2 aliphatic heterocycles. The highest BCUT2D eigenvalue weighted by Gasteiger charge is 2.34. The highest BCUT2D eigenvalue weighted by atomic mass is 32.2. The van der Waals surface area contributed by atoms with Crippen molar-refractivity contribution in [3.05, 3.63) is 24.3 Å². The van der Waals surface area contributed by atoms with Gasteiger partial charge in [0.2, 0.25) is 10.8 Å². The number of aliphatic hydroxyl groups is 1. The first kappa shape index (κ1) is 20.1. The molecule has 2 aromatic rings. The number of fused-ring (bicyclic) bond motifs is 1. The molecule has 0 bridgehead atoms. The van der Waals surface area contributed by atoms with E-state index in [0.29, 0.717) is 28.8 Å². The van der Waals surface area contributed by atoms with E-state index in [9.17, 15) is 9.66 Å². The second-order valence-corrected chi connectivity index (χ2v) is 9.17. The van der Waals surface area contributed by atoms with E-state index in [4.69, 9.17) is 9.97 Å². The minimum Gasteiger partial charge on any atom is -0.611 e. The summed E-state index contributed by atoms with van der Waals surface area (Å²) >= 11 is -1.09. The van der Waals surface area contributed by atoms with E-state index in [0.717, 1.165) is 37.7 Å². The quantitative estimate of drug-likeness (QED) is 0.655. The first-order valence-corrected chi connectivity index (χ1v) is 11.3. The molecular formula is C19H27N7O2S. The Kier molecular flexibility index (Phi) is 6.02. The van der Waals surface area contributed by atoms with Crippen molar-refractivity contribution in [2.45, 2.75) is 31.2 Å². The van der Waals surface area contributed by atoms with Gasteiger partial charge in [-0.1, -0.05) is 13.8 Å². The number of anilines is 3. The Morgan fingerprint density at radius 3 is 2.62 bits per heavy atom. The van der Waals surface area contributed by atoms with Crippen LogP contribution in [-0.4, -0.2) is 74.2 Å². The van der Waals surface area contributed by atoms with Crippen LogP contribution in [0.25, 0.3) is 0 Å². The number of nitrogens with zero attached hydrogens (tertiary/aromatic N) is 6. The van der Waals surface area contributed by atoms with Crippen LogP contribution in [0.1, 0.15) is 19.5 Å². The van der Waals surface area contributed by atoms with Crippen LogP contribution >= 0.6 is 0 Å². The average molecular weight is 418 g/mol. The highest BCUT2D eigenvalue weighted by molar-refractivity contribution is 7.91. The van der Waals surface area contributed by atoms with Gasteiger partial charge >= 0.3 is 0 Å². The number of aromatic nitrogens is 4. The number of hydrogen-bond donors (Lipinski definition) is 2. The first-order chi connectivity index (χ1) is 14.1. The van der Waals surface area contributed by atoms with Gasteiger partial charge < -0.3 is 24.8 Å². The minimum atomic E-state index is -1.09. The Bertz CT molecular complexity index is 831. The van der Waals surface area contributed by atoms with Crippen LogP contribution < -0.4 is 15.1 Å². The van der Waals surface area contributed by atoms with Gasteiger partial charge in [-0.15, -0.1) is 0 Å². The lowest BCUT2D eigenvalue weighted by atomic mass is 10.1. The largest absolute Gasteiger partial charge is 0.611 e. The van der Waals surface area contributed by atoms with E-state index in [2.05, 4.69) is 25.1 Å². The van der Waals surface area contributed by atoms with Crippen LogP contribution in [0.15, 0.2) is 23.5 Å². The maximum atomic E-state index is 12.5. The molecule has 1 saturated heterocycles. The van der Waals surface area contributed by atoms with Crippen LogP contribution in [-0.2, 0) is 17.6 Å². The molecule has 2 atom stereocenters. The second kappa shape index (κ2) is 8.68. The summed E-state index contributed by atoms with van der Waals surface area (Å²) in [6.45, 7) is 7.27. The highest BCUT2D eigenvalue weighted by Crippen LogP contribution is 2.33. The summed E-state index contributed by atoms with van der Waals surface area (Å²) in [5, 5.41) is 13.0. The summed E-state index contributed by atoms with van der Waals surface area (Å²) in [6, 6.07) is 1.77. The molecule has 2 aromatic heterocycles. The zero-order chi connectivity index (χ0) is 20.4. The summed E-state index contributed by atoms with van der Waals surface area (Å²) in [7, 11) is 0. The van der Waals surface area contributed by atoms with Gasteiger partial charge in [0, 0.05) is 38.8 Å². The third-order valence-corrected chi connectivity index (χ3v) is 6.91. The summed E-state index contributed by atoms with van der Waals surface area (Å²) in [4.78, 5) is 22.9. The fourth-order valence-corrected chi connectivity index (χ4v) is 4.94. The van der Waals surface area contributed by atoms with Gasteiger partial charge in [-0.25, -0.2) is 15.0 Å². The Morgan fingerprint density at radius 1 is 1.21 bits per heavy atom. The molecule has 1 fully saturated rings. The molecule has 0 aromatic carbocycles. The standard InChI is InChI=1S/C19H27N7O2S/c1-13(2)15(11-27)22-18-17-14(4-10-29(17)28)23-19(24-18)26-8-6-25(7-9-26)16-3-5-20-12-21-16/h3,5,12-13,15,27H,4,6-11H2,1-2H3,(H,22,23,24). The minimum absolute atomic E-state index is 0.00395. The van der Waals surface area contributed by atoms with Crippen molar-refractivity contribution in [2.75, 3.05) is 53.7 Å². The van der Waals surface area contributed by atoms with Crippen molar-refractivity contribution >= 4 is 28.8 Å². The molecule has 0 amide bonds. The Balaban J connectivity index is 1.55. The average Bonchev–Trinajstić information content (AvgIpc) is 3.13. The molecule has 10 heteroatoms. The molecular weight excluding hydrogens is 390 g/mol. The second-order valence-electron chi connectivity index (χ2n) is 7.67. The molecule has 2 N–H and O–H groups in total. The van der Waals surface area contributed by atoms with Crippen LogP contribution in [0.4, 0.5) is 17.6 Å². The normalized spacial score (nSPS) is 20.1. The molecule has 2 unspecified atom stereocenters. The van der Waals surface area contributed by atoms with Crippen LogP contribution in [0.2, 0.25) is 0 Å². The molecule has 0 radical (unpaired) electrons. The zero-order valence-corrected chi connectivity index (χ0v) is 17.6. The molecule has 2 aliphatic rings. The number of aryl methyl sites for hydroxylation is 1. The first-order valence-electron chi connectivity index (χ1n) is 9.99. The zero-order valence-electron chi connectivity index (χ0n) is 16.8. The summed E-state index contributed by atoms with van der Waals surface area (Å²) < 4.78 is 12.5. The van der Waals surface area contributed by atoms with Crippen molar-refractivity contribution in [3.63, 3.8) is 0 Å². The molecule has 0 spiro atoms. The fourth-order valence-electron chi connectivity index (χ4n) is 3.63. The number of rotatable bonds is 6. The van der Waals surface area contributed by atoms with E-state index in [-0.39, 0.29) is 18.6 Å². The van der Waals surface area contributed by atoms with Crippen molar-refractivity contribution in [1.29, 1.82) is 0 Å². The van der Waals surface area contributed by atoms with Crippen LogP contribution in [0.3, 0.4) is 0 Å². The van der Waals surface area contributed by atoms with Crippen LogP contribution in [0, 0.1) is 5.92 Å². The number of hydrogen-bond acceptors (Lipinski definition) is 9. The number of aliphatic hydroxyl groups excluding tert-OH is 1. The lowest BCUT2D eigenvalue weighted by Gasteiger charge is -2.35. The molecule has 9 nitrogen and oxygen atoms in total. The number of nitrogens with one attached hydrogen (secondary N) is 1. The molecule has 4 rings (SSSR count). The van der Waals surface area contributed by atoms with E-state index in [1.54, 1.807) is 12.5 Å². The van der Waals surface area contributed by atoms with Crippen LogP contribution in [0.5, 0.6) is 0 Å². The van der Waals surface area contributed by atoms with Crippen molar-refractivity contribution in [3.8, 4) is 0 Å². The summed E-state index contributed by atoms with van der Waals surface area (Å²) in [5.74, 6) is 2.99. The third kappa shape index (κ3) is 4.24. The fraction of sp³-hybridized carbons (Fsp3) is 0.579. The molecule has 29 heavy (non-hydrogen) atoms. The van der Waals surface area contributed by atoms with Gasteiger partial charge in [-0.05, 0) is 23.2 Å². The Morgan fingerprint density at radius 2 is 1.97 bits per heavy atom. The maximum Gasteiger partial charge on any atom is 0.228 e. The maximum absolute atomic E-state index is 12.5. The van der Waals surface area contributed by atoms with Gasteiger partial charge in [0.15, 0.2) is 5.82 Å². The predicted octanol–water partition coefficient (Wildman–Crippen LogP) is 0.686. The monoisotopic (exact) mass is 417 g/mol. The smallest absolute Gasteiger partial charge is 0.228 e. The van der Waals surface area contributed by atoms with Gasteiger partial charge in [-0.2, -0.15) is 4.98 Å². The van der Waals surface area contributed by atoms with Gasteiger partial charge in [-0.3, -0.25) is 0 Å². The van der Waals surface area contributed by atoms with Gasteiger partial charge in [0.25, 0.3) is 0 Å². The van der Waals surface area contributed by atoms with Gasteiger partial charge in [0.1, 0.15) is 23.6 Å². The van der Waals surface area contributed by atoms with E-state index >= 15 is 0 Å². The van der Waals surface area contributed by atoms with Crippen molar-refractivity contribution < 1.29 is 9.66 Å². The molecule has 0 aliphatic carbocycles. The van der Waals surface area contributed by atoms with E-state index in [1.165, 1.54) is 0 Å². The van der Waals surface area contributed by atoms with Crippen molar-refractivity contribution in [2.24, 2.45) is 5.92 Å². The van der Waals surface area contributed by atoms with Crippen molar-refractivity contribution in [1.82, 2.24) is 19.9 Å². The summed E-state index contributed by atoms with van der Waals surface area (Å²) in [5.41, 5.74) is 0.856. The van der Waals surface area contributed by atoms with E-state index in [1.807, 2.05) is 19.9 Å². The predicted molar refractivity (Wildman–Crippen MR) is 113 cm³/mol. The Labute approximate surface area is 173 Å². The van der Waals surface area contributed by atoms with E-state index < -0.39 is 11.2 Å². The SMILES string of the molecule is CC(C)C(CO)Nc1nc(N2CCN(c3ccncn3)CC2)nc2c1[S+]([O-])CC2. The Hall–Kier alpha value is -2.17. The molecule has 156 valence electrons. The van der Waals surface area contributed by atoms with Gasteiger partial charge in [0.05, 0.1) is 12.6 Å². The summed E-state index contributed by atoms with van der Waals surface area (Å²) in [6.07, 6.45) is 4.01.